The molecule has 21 heavy (non-hydrogen) atoms. The van der Waals surface area contributed by atoms with Gasteiger partial charge in [0.25, 0.3) is 0 Å². The summed E-state index contributed by atoms with van der Waals surface area (Å²) >= 11 is 0. The number of hydrogen-bond acceptors (Lipinski definition) is 2. The normalized spacial score (nSPS) is 17.4. The van der Waals surface area contributed by atoms with E-state index in [1.54, 1.807) is 0 Å². The van der Waals surface area contributed by atoms with Gasteiger partial charge in [-0.15, -0.1) is 0 Å². The summed E-state index contributed by atoms with van der Waals surface area (Å²) in [5.41, 5.74) is -0.310. The fourth-order valence-electron chi connectivity index (χ4n) is 3.07. The van der Waals surface area contributed by atoms with E-state index < -0.39 is 16.9 Å². The Morgan fingerprint density at radius 2 is 1.76 bits per heavy atom. The summed E-state index contributed by atoms with van der Waals surface area (Å²) in [6.07, 6.45) is 3.44. The molecule has 0 spiro atoms. The summed E-state index contributed by atoms with van der Waals surface area (Å²) < 4.78 is 0. The van der Waals surface area contributed by atoms with E-state index in [4.69, 9.17) is 5.11 Å². The molecule has 0 unspecified atom stereocenters. The minimum Gasteiger partial charge on any atom is -0.481 e. The zero-order chi connectivity index (χ0) is 15.5. The highest BCUT2D eigenvalue weighted by molar-refractivity contribution is 5.88. The fraction of sp³-hybridized carbons (Fsp3) is 0.529. The van der Waals surface area contributed by atoms with Crippen LogP contribution in [0.4, 0.5) is 0 Å². The van der Waals surface area contributed by atoms with Crippen LogP contribution in [0.3, 0.4) is 0 Å². The van der Waals surface area contributed by atoms with Gasteiger partial charge in [0.05, 0.1) is 17.4 Å². The maximum absolute atomic E-state index is 12.7. The molecule has 0 aromatic heterocycles. The molecular formula is C17H23NO3. The van der Waals surface area contributed by atoms with Gasteiger partial charge in [-0.3, -0.25) is 9.59 Å². The standard InChI is InChI=1S/C17H23NO3/c1-16(2,13-8-4-3-5-9-13)15(21)18-17(12-14(19)20)10-6-7-11-17/h3-5,8-9H,6-7,10-12H2,1-2H3,(H,18,21)(H,19,20). The van der Waals surface area contributed by atoms with Gasteiger partial charge in [-0.05, 0) is 32.3 Å². The summed E-state index contributed by atoms with van der Waals surface area (Å²) in [5.74, 6) is -0.952. The fourth-order valence-corrected chi connectivity index (χ4v) is 3.07. The number of benzene rings is 1. The maximum Gasteiger partial charge on any atom is 0.305 e. The van der Waals surface area contributed by atoms with Crippen molar-refractivity contribution in [3.05, 3.63) is 35.9 Å². The van der Waals surface area contributed by atoms with Crippen molar-refractivity contribution in [2.45, 2.75) is 56.9 Å². The highest BCUT2D eigenvalue weighted by Gasteiger charge is 2.41. The van der Waals surface area contributed by atoms with Crippen LogP contribution < -0.4 is 5.32 Å². The smallest absolute Gasteiger partial charge is 0.305 e. The highest BCUT2D eigenvalue weighted by Crippen LogP contribution is 2.34. The topological polar surface area (TPSA) is 66.4 Å². The maximum atomic E-state index is 12.7. The third kappa shape index (κ3) is 3.43. The lowest BCUT2D eigenvalue weighted by Gasteiger charge is -2.34. The lowest BCUT2D eigenvalue weighted by atomic mass is 9.82. The van der Waals surface area contributed by atoms with Crippen LogP contribution in [-0.4, -0.2) is 22.5 Å². The van der Waals surface area contributed by atoms with Gasteiger partial charge < -0.3 is 10.4 Å². The largest absolute Gasteiger partial charge is 0.481 e. The number of nitrogens with one attached hydrogen (secondary N) is 1. The van der Waals surface area contributed by atoms with Gasteiger partial charge in [-0.2, -0.15) is 0 Å². The second kappa shape index (κ2) is 5.88. The van der Waals surface area contributed by atoms with Crippen molar-refractivity contribution in [2.75, 3.05) is 0 Å². The molecule has 1 aliphatic rings. The van der Waals surface area contributed by atoms with Crippen molar-refractivity contribution in [3.8, 4) is 0 Å². The Labute approximate surface area is 125 Å². The highest BCUT2D eigenvalue weighted by atomic mass is 16.4. The van der Waals surface area contributed by atoms with Crippen LogP contribution in [0, 0.1) is 0 Å². The van der Waals surface area contributed by atoms with E-state index in [1.165, 1.54) is 0 Å². The molecule has 0 bridgehead atoms. The molecule has 1 amide bonds. The Morgan fingerprint density at radius 3 is 2.29 bits per heavy atom. The predicted octanol–water partition coefficient (Wildman–Crippen LogP) is 2.87. The number of carboxylic acids is 1. The Hall–Kier alpha value is -1.84. The SMILES string of the molecule is CC(C)(C(=O)NC1(CC(=O)O)CCCC1)c1ccccc1. The molecule has 0 radical (unpaired) electrons. The molecule has 1 fully saturated rings. The molecular weight excluding hydrogens is 266 g/mol. The lowest BCUT2D eigenvalue weighted by molar-refractivity contribution is -0.139. The third-order valence-electron chi connectivity index (χ3n) is 4.49. The van der Waals surface area contributed by atoms with Crippen LogP contribution >= 0.6 is 0 Å². The Bertz CT molecular complexity index is 516. The third-order valence-corrected chi connectivity index (χ3v) is 4.49. The average molecular weight is 289 g/mol. The van der Waals surface area contributed by atoms with E-state index >= 15 is 0 Å². The second-order valence-electron chi connectivity index (χ2n) is 6.50. The van der Waals surface area contributed by atoms with Gasteiger partial charge in [-0.25, -0.2) is 0 Å². The second-order valence-corrected chi connectivity index (χ2v) is 6.50. The summed E-state index contributed by atoms with van der Waals surface area (Å²) in [6.45, 7) is 3.75. The monoisotopic (exact) mass is 289 g/mol. The van der Waals surface area contributed by atoms with Crippen molar-refractivity contribution in [1.82, 2.24) is 5.32 Å². The molecule has 4 nitrogen and oxygen atoms in total. The Morgan fingerprint density at radius 1 is 1.19 bits per heavy atom. The van der Waals surface area contributed by atoms with E-state index in [1.807, 2.05) is 44.2 Å². The Kier molecular flexibility index (Phi) is 4.35. The first-order valence-corrected chi connectivity index (χ1v) is 7.46. The van der Waals surface area contributed by atoms with Crippen molar-refractivity contribution in [3.63, 3.8) is 0 Å². The molecule has 1 aromatic carbocycles. The number of aliphatic carboxylic acids is 1. The molecule has 2 rings (SSSR count). The molecule has 2 N–H and O–H groups in total. The molecule has 1 aliphatic carbocycles. The van der Waals surface area contributed by atoms with Gasteiger partial charge in [0.1, 0.15) is 0 Å². The zero-order valence-electron chi connectivity index (χ0n) is 12.7. The summed E-state index contributed by atoms with van der Waals surface area (Å²) in [7, 11) is 0. The first-order valence-electron chi connectivity index (χ1n) is 7.46. The molecule has 0 atom stereocenters. The zero-order valence-corrected chi connectivity index (χ0v) is 12.7. The van der Waals surface area contributed by atoms with Crippen LogP contribution in [0.25, 0.3) is 0 Å². The van der Waals surface area contributed by atoms with Crippen molar-refractivity contribution < 1.29 is 14.7 Å². The number of carbonyl (C=O) groups excluding carboxylic acids is 1. The minimum atomic E-state index is -0.852. The van der Waals surface area contributed by atoms with Crippen LogP contribution in [0.15, 0.2) is 30.3 Å². The average Bonchev–Trinajstić information content (AvgIpc) is 2.87. The van der Waals surface area contributed by atoms with Crippen LogP contribution in [0.1, 0.15) is 51.5 Å². The van der Waals surface area contributed by atoms with E-state index in [-0.39, 0.29) is 12.3 Å². The van der Waals surface area contributed by atoms with Gasteiger partial charge in [0.2, 0.25) is 5.91 Å². The van der Waals surface area contributed by atoms with Crippen molar-refractivity contribution in [1.29, 1.82) is 0 Å². The number of rotatable bonds is 5. The van der Waals surface area contributed by atoms with Crippen molar-refractivity contribution >= 4 is 11.9 Å². The predicted molar refractivity (Wildman–Crippen MR) is 81.1 cm³/mol. The summed E-state index contributed by atoms with van der Waals surface area (Å²) in [6, 6.07) is 9.59. The van der Waals surface area contributed by atoms with Gasteiger partial charge in [0, 0.05) is 0 Å². The molecule has 114 valence electrons. The van der Waals surface area contributed by atoms with E-state index in [0.717, 1.165) is 31.2 Å². The van der Waals surface area contributed by atoms with Crippen LogP contribution in [0.5, 0.6) is 0 Å². The molecule has 0 saturated heterocycles. The quantitative estimate of drug-likeness (QED) is 0.876. The van der Waals surface area contributed by atoms with Crippen LogP contribution in [0.2, 0.25) is 0 Å². The number of amides is 1. The van der Waals surface area contributed by atoms with E-state index in [2.05, 4.69) is 5.32 Å². The van der Waals surface area contributed by atoms with E-state index in [9.17, 15) is 9.59 Å². The van der Waals surface area contributed by atoms with Gasteiger partial charge in [0.15, 0.2) is 0 Å². The minimum absolute atomic E-state index is 0.00358. The Balaban J connectivity index is 2.17. The van der Waals surface area contributed by atoms with Gasteiger partial charge >= 0.3 is 5.97 Å². The molecule has 0 heterocycles. The number of hydrogen-bond donors (Lipinski definition) is 2. The lowest BCUT2D eigenvalue weighted by Crippen LogP contribution is -2.53. The number of carbonyl (C=O) groups is 2. The first-order chi connectivity index (χ1) is 9.86. The van der Waals surface area contributed by atoms with Crippen LogP contribution in [-0.2, 0) is 15.0 Å². The molecule has 1 aromatic rings. The number of carboxylic acid groups (broad SMARTS) is 1. The summed E-state index contributed by atoms with van der Waals surface area (Å²) in [4.78, 5) is 23.8. The summed E-state index contributed by atoms with van der Waals surface area (Å²) in [5, 5.41) is 12.2. The first kappa shape index (κ1) is 15.5. The molecule has 1 saturated carbocycles. The van der Waals surface area contributed by atoms with Crippen molar-refractivity contribution in [2.24, 2.45) is 0 Å². The van der Waals surface area contributed by atoms with E-state index in [0.29, 0.717) is 0 Å². The molecule has 0 aliphatic heterocycles. The molecule has 4 heteroatoms. The van der Waals surface area contributed by atoms with Gasteiger partial charge in [-0.1, -0.05) is 43.2 Å².